The number of piperazine rings is 1. The van der Waals surface area contributed by atoms with Crippen LogP contribution in [-0.4, -0.2) is 38.2 Å². The van der Waals surface area contributed by atoms with Crippen LogP contribution in [0.2, 0.25) is 0 Å². The summed E-state index contributed by atoms with van der Waals surface area (Å²) in [6.07, 6.45) is 0. The molecule has 0 aromatic heterocycles. The lowest BCUT2D eigenvalue weighted by Gasteiger charge is -2.42. The van der Waals surface area contributed by atoms with Gasteiger partial charge in [0, 0.05) is 37.8 Å². The Labute approximate surface area is 125 Å². The van der Waals surface area contributed by atoms with E-state index in [0.29, 0.717) is 0 Å². The third-order valence-corrected chi connectivity index (χ3v) is 3.92. The van der Waals surface area contributed by atoms with Crippen molar-refractivity contribution < 1.29 is 13.5 Å². The van der Waals surface area contributed by atoms with E-state index in [2.05, 4.69) is 10.2 Å². The van der Waals surface area contributed by atoms with Gasteiger partial charge in [0.25, 0.3) is 0 Å². The fraction of sp³-hybridized carbons (Fsp3) is 0.625. The van der Waals surface area contributed by atoms with E-state index in [9.17, 15) is 8.78 Å². The van der Waals surface area contributed by atoms with E-state index in [-0.39, 0.29) is 22.8 Å². The minimum absolute atomic E-state index is 0.0933. The molecule has 118 valence electrons. The van der Waals surface area contributed by atoms with E-state index >= 15 is 0 Å². The molecule has 1 aliphatic heterocycles. The average molecular weight is 298 g/mol. The Hall–Kier alpha value is -1.20. The van der Waals surface area contributed by atoms with Gasteiger partial charge in [0.15, 0.2) is 11.6 Å². The lowest BCUT2D eigenvalue weighted by atomic mass is 9.80. The molecule has 5 heteroatoms. The Morgan fingerprint density at radius 2 is 1.81 bits per heavy atom. The van der Waals surface area contributed by atoms with Crippen molar-refractivity contribution in [2.75, 3.05) is 33.3 Å². The summed E-state index contributed by atoms with van der Waals surface area (Å²) in [6.45, 7) is 9.25. The molecule has 0 bridgehead atoms. The highest BCUT2D eigenvalue weighted by Gasteiger charge is 2.37. The molecule has 1 saturated heterocycles. The largest absolute Gasteiger partial charge is 0.494 e. The normalized spacial score (nSPS) is 18.6. The maximum Gasteiger partial charge on any atom is 0.172 e. The molecule has 1 fully saturated rings. The van der Waals surface area contributed by atoms with Crippen LogP contribution in [0.3, 0.4) is 0 Å². The minimum Gasteiger partial charge on any atom is -0.494 e. The quantitative estimate of drug-likeness (QED) is 0.928. The van der Waals surface area contributed by atoms with Crippen molar-refractivity contribution in [2.24, 2.45) is 5.41 Å². The van der Waals surface area contributed by atoms with Crippen LogP contribution in [0.5, 0.6) is 5.75 Å². The maximum absolute atomic E-state index is 14.7. The number of hydrogen-bond acceptors (Lipinski definition) is 3. The first-order chi connectivity index (χ1) is 9.86. The lowest BCUT2D eigenvalue weighted by molar-refractivity contribution is 0.0800. The Bertz CT molecular complexity index is 494. The molecule has 0 spiro atoms. The molecule has 1 aromatic rings. The summed E-state index contributed by atoms with van der Waals surface area (Å²) in [6, 6.07) is 2.30. The van der Waals surface area contributed by atoms with Crippen molar-refractivity contribution in [3.63, 3.8) is 0 Å². The Balaban J connectivity index is 2.51. The van der Waals surface area contributed by atoms with Gasteiger partial charge in [0.1, 0.15) is 5.82 Å². The molecule has 1 atom stereocenters. The molecule has 2 rings (SSSR count). The first-order valence-electron chi connectivity index (χ1n) is 7.33. The van der Waals surface area contributed by atoms with E-state index in [4.69, 9.17) is 4.74 Å². The second-order valence-corrected chi connectivity index (χ2v) is 6.53. The SMILES string of the molecule is COc1ccc(F)c([C@H](N2CCNCC2)C(C)(C)C)c1F. The zero-order valence-corrected chi connectivity index (χ0v) is 13.2. The van der Waals surface area contributed by atoms with Gasteiger partial charge in [0.05, 0.1) is 7.11 Å². The summed E-state index contributed by atoms with van der Waals surface area (Å²) in [5.74, 6) is -1.00. The molecule has 1 aliphatic rings. The third-order valence-electron chi connectivity index (χ3n) is 3.92. The molecule has 0 aliphatic carbocycles. The molecule has 21 heavy (non-hydrogen) atoms. The number of nitrogens with one attached hydrogen (secondary N) is 1. The van der Waals surface area contributed by atoms with Gasteiger partial charge in [-0.05, 0) is 17.5 Å². The zero-order chi connectivity index (χ0) is 15.6. The molecule has 0 saturated carbocycles. The number of halogens is 2. The van der Waals surface area contributed by atoms with Crippen LogP contribution in [0.15, 0.2) is 12.1 Å². The standard InChI is InChI=1S/C16H24F2N2O/c1-16(2,3)15(20-9-7-19-8-10-20)13-11(17)5-6-12(21-4)14(13)18/h5-6,15,19H,7-10H2,1-4H3/t15-/m0/s1. The van der Waals surface area contributed by atoms with E-state index < -0.39 is 11.6 Å². The van der Waals surface area contributed by atoms with Crippen molar-refractivity contribution in [2.45, 2.75) is 26.8 Å². The summed E-state index contributed by atoms with van der Waals surface area (Å²) in [5, 5.41) is 3.27. The van der Waals surface area contributed by atoms with Crippen molar-refractivity contribution in [3.05, 3.63) is 29.3 Å². The number of ether oxygens (including phenoxy) is 1. The van der Waals surface area contributed by atoms with Crippen molar-refractivity contribution >= 4 is 0 Å². The Morgan fingerprint density at radius 1 is 1.19 bits per heavy atom. The number of rotatable bonds is 3. The molecule has 3 nitrogen and oxygen atoms in total. The van der Waals surface area contributed by atoms with Gasteiger partial charge >= 0.3 is 0 Å². The highest BCUT2D eigenvalue weighted by molar-refractivity contribution is 5.35. The van der Waals surface area contributed by atoms with E-state index in [1.807, 2.05) is 20.8 Å². The van der Waals surface area contributed by atoms with Crippen LogP contribution in [0.4, 0.5) is 8.78 Å². The highest BCUT2D eigenvalue weighted by atomic mass is 19.1. The minimum atomic E-state index is -0.587. The van der Waals surface area contributed by atoms with Crippen LogP contribution >= 0.6 is 0 Å². The van der Waals surface area contributed by atoms with Crippen LogP contribution in [0, 0.1) is 17.0 Å². The van der Waals surface area contributed by atoms with Gasteiger partial charge in [-0.2, -0.15) is 0 Å². The van der Waals surface area contributed by atoms with Gasteiger partial charge in [0.2, 0.25) is 0 Å². The predicted octanol–water partition coefficient (Wildman–Crippen LogP) is 2.97. The van der Waals surface area contributed by atoms with Gasteiger partial charge < -0.3 is 10.1 Å². The number of hydrogen-bond donors (Lipinski definition) is 1. The highest BCUT2D eigenvalue weighted by Crippen LogP contribution is 2.42. The van der Waals surface area contributed by atoms with Gasteiger partial charge in [-0.15, -0.1) is 0 Å². The molecule has 0 radical (unpaired) electrons. The van der Waals surface area contributed by atoms with E-state index in [1.165, 1.54) is 19.2 Å². The Kier molecular flexibility index (Phi) is 4.84. The molecular formula is C16H24F2N2O. The smallest absolute Gasteiger partial charge is 0.172 e. The van der Waals surface area contributed by atoms with Crippen molar-refractivity contribution in [1.29, 1.82) is 0 Å². The molecular weight excluding hydrogens is 274 g/mol. The summed E-state index contributed by atoms with van der Waals surface area (Å²) < 4.78 is 34.0. The first kappa shape index (κ1) is 16.2. The summed E-state index contributed by atoms with van der Waals surface area (Å²) in [4.78, 5) is 2.15. The lowest BCUT2D eigenvalue weighted by Crippen LogP contribution is -2.48. The second kappa shape index (κ2) is 6.28. The monoisotopic (exact) mass is 298 g/mol. The van der Waals surface area contributed by atoms with Gasteiger partial charge in [-0.1, -0.05) is 20.8 Å². The molecule has 1 heterocycles. The summed E-state index contributed by atoms with van der Waals surface area (Å²) in [7, 11) is 1.40. The van der Waals surface area contributed by atoms with Crippen LogP contribution < -0.4 is 10.1 Å². The summed E-state index contributed by atoms with van der Waals surface area (Å²) in [5.41, 5.74) is -0.172. The molecule has 1 N–H and O–H groups in total. The van der Waals surface area contributed by atoms with Crippen LogP contribution in [0.25, 0.3) is 0 Å². The fourth-order valence-corrected chi connectivity index (χ4v) is 3.06. The third kappa shape index (κ3) is 3.35. The number of benzene rings is 1. The van der Waals surface area contributed by atoms with Crippen molar-refractivity contribution in [3.8, 4) is 5.75 Å². The van der Waals surface area contributed by atoms with Crippen LogP contribution in [-0.2, 0) is 0 Å². The van der Waals surface area contributed by atoms with Crippen LogP contribution in [0.1, 0.15) is 32.4 Å². The Morgan fingerprint density at radius 3 is 2.33 bits per heavy atom. The second-order valence-electron chi connectivity index (χ2n) is 6.53. The predicted molar refractivity (Wildman–Crippen MR) is 79.5 cm³/mol. The molecule has 0 unspecified atom stereocenters. The zero-order valence-electron chi connectivity index (χ0n) is 13.2. The fourth-order valence-electron chi connectivity index (χ4n) is 3.06. The summed E-state index contributed by atoms with van der Waals surface area (Å²) >= 11 is 0. The molecule has 0 amide bonds. The number of nitrogens with zero attached hydrogens (tertiary/aromatic N) is 1. The van der Waals surface area contributed by atoms with E-state index in [0.717, 1.165) is 26.2 Å². The van der Waals surface area contributed by atoms with Gasteiger partial charge in [-0.25, -0.2) is 8.78 Å². The topological polar surface area (TPSA) is 24.5 Å². The van der Waals surface area contributed by atoms with Crippen molar-refractivity contribution in [1.82, 2.24) is 10.2 Å². The number of methoxy groups -OCH3 is 1. The average Bonchev–Trinajstić information content (AvgIpc) is 2.43. The maximum atomic E-state index is 14.7. The van der Waals surface area contributed by atoms with Gasteiger partial charge in [-0.3, -0.25) is 4.90 Å². The van der Waals surface area contributed by atoms with E-state index in [1.54, 1.807) is 0 Å². The molecule has 1 aromatic carbocycles. The first-order valence-corrected chi connectivity index (χ1v) is 7.33.